The topological polar surface area (TPSA) is 29.1 Å². The summed E-state index contributed by atoms with van der Waals surface area (Å²) in [5, 5.41) is 5.32. The Morgan fingerprint density at radius 3 is 2.76 bits per heavy atom. The van der Waals surface area contributed by atoms with E-state index in [0.29, 0.717) is 17.2 Å². The van der Waals surface area contributed by atoms with Gasteiger partial charge in [0.1, 0.15) is 0 Å². The van der Waals surface area contributed by atoms with Gasteiger partial charge in [0.25, 0.3) is 0 Å². The van der Waals surface area contributed by atoms with Gasteiger partial charge in [-0.25, -0.2) is 0 Å². The number of carbonyl (C=O) groups excluding carboxylic acids is 1. The predicted octanol–water partition coefficient (Wildman–Crippen LogP) is 3.09. The Kier molecular flexibility index (Phi) is 2.95. The number of carbonyl (C=O) groups is 1. The van der Waals surface area contributed by atoms with Gasteiger partial charge in [-0.3, -0.25) is 4.79 Å². The largest absolute Gasteiger partial charge is 0.355 e. The van der Waals surface area contributed by atoms with E-state index in [2.05, 4.69) is 22.8 Å². The van der Waals surface area contributed by atoms with Crippen LogP contribution < -0.4 is 5.32 Å². The number of rotatable bonds is 4. The van der Waals surface area contributed by atoms with Gasteiger partial charge in [0.15, 0.2) is 0 Å². The van der Waals surface area contributed by atoms with Crippen LogP contribution in [-0.2, 0) is 10.2 Å². The molecule has 0 unspecified atom stereocenters. The summed E-state index contributed by atoms with van der Waals surface area (Å²) in [4.78, 5) is 13.4. The van der Waals surface area contributed by atoms with Gasteiger partial charge in [0.05, 0.1) is 0 Å². The summed E-state index contributed by atoms with van der Waals surface area (Å²) in [7, 11) is 0. The van der Waals surface area contributed by atoms with E-state index >= 15 is 0 Å². The molecule has 1 heterocycles. The van der Waals surface area contributed by atoms with Crippen molar-refractivity contribution >= 4 is 17.2 Å². The molecule has 0 bridgehead atoms. The molecule has 0 aliphatic heterocycles. The average molecular weight is 249 g/mol. The van der Waals surface area contributed by atoms with Gasteiger partial charge < -0.3 is 5.32 Å². The molecule has 1 aromatic rings. The van der Waals surface area contributed by atoms with Crippen LogP contribution in [0, 0.1) is 5.92 Å². The number of thiophene rings is 1. The first kappa shape index (κ1) is 11.3. The second-order valence-corrected chi connectivity index (χ2v) is 6.40. The van der Waals surface area contributed by atoms with E-state index < -0.39 is 0 Å². The van der Waals surface area contributed by atoms with Gasteiger partial charge in [-0.15, -0.1) is 11.3 Å². The molecule has 0 radical (unpaired) electrons. The monoisotopic (exact) mass is 249 g/mol. The normalized spacial score (nSPS) is 22.6. The first-order chi connectivity index (χ1) is 8.30. The molecule has 1 aromatic heterocycles. The fourth-order valence-corrected chi connectivity index (χ4v) is 3.82. The zero-order chi connectivity index (χ0) is 11.7. The maximum atomic E-state index is 12.0. The van der Waals surface area contributed by atoms with Crippen LogP contribution in [0.5, 0.6) is 0 Å². The molecular weight excluding hydrogens is 230 g/mol. The van der Waals surface area contributed by atoms with Crippen molar-refractivity contribution < 1.29 is 4.79 Å². The third-order valence-corrected chi connectivity index (χ3v) is 5.34. The van der Waals surface area contributed by atoms with Crippen LogP contribution in [0.15, 0.2) is 17.5 Å². The second kappa shape index (κ2) is 4.45. The quantitative estimate of drug-likeness (QED) is 0.873. The smallest absolute Gasteiger partial charge is 0.223 e. The fourth-order valence-electron chi connectivity index (χ4n) is 2.83. The molecule has 1 amide bonds. The molecule has 0 saturated heterocycles. The van der Waals surface area contributed by atoms with Crippen LogP contribution in [0.2, 0.25) is 0 Å². The van der Waals surface area contributed by atoms with Gasteiger partial charge in [-0.1, -0.05) is 18.9 Å². The summed E-state index contributed by atoms with van der Waals surface area (Å²) < 4.78 is 0. The molecule has 17 heavy (non-hydrogen) atoms. The first-order valence-corrected chi connectivity index (χ1v) is 7.50. The number of hydrogen-bond donors (Lipinski definition) is 1. The van der Waals surface area contributed by atoms with Crippen molar-refractivity contribution in [3.05, 3.63) is 22.4 Å². The molecular formula is C14H19NOS. The minimum absolute atomic E-state index is 0.294. The highest BCUT2D eigenvalue weighted by Gasteiger charge is 2.45. The summed E-state index contributed by atoms with van der Waals surface area (Å²) in [5.41, 5.74) is 0.294. The van der Waals surface area contributed by atoms with Crippen molar-refractivity contribution in [3.63, 3.8) is 0 Å². The van der Waals surface area contributed by atoms with E-state index in [4.69, 9.17) is 0 Å². The summed E-state index contributed by atoms with van der Waals surface area (Å²) in [6.45, 7) is 0.850. The van der Waals surface area contributed by atoms with E-state index in [0.717, 1.165) is 19.4 Å². The van der Waals surface area contributed by atoms with Crippen LogP contribution in [0.25, 0.3) is 0 Å². The third kappa shape index (κ3) is 2.25. The lowest BCUT2D eigenvalue weighted by Crippen LogP contribution is -2.35. The van der Waals surface area contributed by atoms with Crippen LogP contribution in [0.3, 0.4) is 0 Å². The van der Waals surface area contributed by atoms with Gasteiger partial charge >= 0.3 is 0 Å². The highest BCUT2D eigenvalue weighted by molar-refractivity contribution is 7.10. The first-order valence-electron chi connectivity index (χ1n) is 6.62. The maximum absolute atomic E-state index is 12.0. The molecule has 92 valence electrons. The van der Waals surface area contributed by atoms with Gasteiger partial charge in [-0.05, 0) is 37.1 Å². The van der Waals surface area contributed by atoms with Crippen LogP contribution >= 0.6 is 11.3 Å². The van der Waals surface area contributed by atoms with Crippen LogP contribution in [0.1, 0.15) is 43.4 Å². The fraction of sp³-hybridized carbons (Fsp3) is 0.643. The maximum Gasteiger partial charge on any atom is 0.223 e. The predicted molar refractivity (Wildman–Crippen MR) is 70.2 cm³/mol. The minimum atomic E-state index is 0.294. The SMILES string of the molecule is O=C(NCC1(c2cccs2)CC1)C1CCCC1. The average Bonchev–Trinajstić information content (AvgIpc) is 2.82. The number of hydrogen-bond acceptors (Lipinski definition) is 2. The number of nitrogens with one attached hydrogen (secondary N) is 1. The Balaban J connectivity index is 1.56. The van der Waals surface area contributed by atoms with E-state index in [9.17, 15) is 4.79 Å². The summed E-state index contributed by atoms with van der Waals surface area (Å²) >= 11 is 1.82. The van der Waals surface area contributed by atoms with Gasteiger partial charge in [-0.2, -0.15) is 0 Å². The second-order valence-electron chi connectivity index (χ2n) is 5.46. The molecule has 2 fully saturated rings. The number of amides is 1. The molecule has 0 aromatic carbocycles. The third-order valence-electron chi connectivity index (χ3n) is 4.22. The van der Waals surface area contributed by atoms with E-state index in [-0.39, 0.29) is 0 Å². The minimum Gasteiger partial charge on any atom is -0.355 e. The summed E-state index contributed by atoms with van der Waals surface area (Å²) in [5.74, 6) is 0.597. The Morgan fingerprint density at radius 2 is 2.18 bits per heavy atom. The molecule has 3 rings (SSSR count). The molecule has 2 aliphatic rings. The summed E-state index contributed by atoms with van der Waals surface area (Å²) in [6.07, 6.45) is 7.12. The Hall–Kier alpha value is -0.830. The van der Waals surface area contributed by atoms with Gasteiger partial charge in [0, 0.05) is 22.8 Å². The molecule has 2 aliphatic carbocycles. The zero-order valence-corrected chi connectivity index (χ0v) is 10.9. The Bertz CT molecular complexity index is 388. The zero-order valence-electron chi connectivity index (χ0n) is 10.1. The van der Waals surface area contributed by atoms with Crippen LogP contribution in [0.4, 0.5) is 0 Å². The van der Waals surface area contributed by atoms with Crippen LogP contribution in [-0.4, -0.2) is 12.5 Å². The lowest BCUT2D eigenvalue weighted by Gasteiger charge is -2.16. The highest BCUT2D eigenvalue weighted by Crippen LogP contribution is 2.49. The molecule has 0 spiro atoms. The van der Waals surface area contributed by atoms with Crippen molar-refractivity contribution in [3.8, 4) is 0 Å². The molecule has 0 atom stereocenters. The van der Waals surface area contributed by atoms with E-state index in [1.54, 1.807) is 0 Å². The Morgan fingerprint density at radius 1 is 1.41 bits per heavy atom. The lowest BCUT2D eigenvalue weighted by atomic mass is 10.0. The van der Waals surface area contributed by atoms with Gasteiger partial charge in [0.2, 0.25) is 5.91 Å². The van der Waals surface area contributed by atoms with Crippen molar-refractivity contribution in [2.75, 3.05) is 6.54 Å². The summed E-state index contributed by atoms with van der Waals surface area (Å²) in [6, 6.07) is 4.32. The van der Waals surface area contributed by atoms with Crippen molar-refractivity contribution in [2.45, 2.75) is 43.9 Å². The molecule has 2 nitrogen and oxygen atoms in total. The van der Waals surface area contributed by atoms with Crippen molar-refractivity contribution in [1.82, 2.24) is 5.32 Å². The highest BCUT2D eigenvalue weighted by atomic mass is 32.1. The standard InChI is InChI=1S/C14H19NOS/c16-13(11-4-1-2-5-11)15-10-14(7-8-14)12-6-3-9-17-12/h3,6,9,11H,1-2,4-5,7-8,10H2,(H,15,16). The Labute approximate surface area is 106 Å². The van der Waals surface area contributed by atoms with E-state index in [1.807, 2.05) is 11.3 Å². The van der Waals surface area contributed by atoms with E-state index in [1.165, 1.54) is 30.6 Å². The molecule has 3 heteroatoms. The molecule has 2 saturated carbocycles. The molecule has 1 N–H and O–H groups in total. The van der Waals surface area contributed by atoms with Crippen molar-refractivity contribution in [1.29, 1.82) is 0 Å². The van der Waals surface area contributed by atoms with Crippen molar-refractivity contribution in [2.24, 2.45) is 5.92 Å². The lowest BCUT2D eigenvalue weighted by molar-refractivity contribution is -0.124.